The fourth-order valence-corrected chi connectivity index (χ4v) is 5.18. The highest BCUT2D eigenvalue weighted by Gasteiger charge is 2.45. The number of thiocarbonyl (C=S) groups is 1. The number of hydrogen-bond acceptors (Lipinski definition) is 4. The molecule has 0 spiro atoms. The van der Waals surface area contributed by atoms with Crippen molar-refractivity contribution in [1.82, 2.24) is 15.2 Å². The summed E-state index contributed by atoms with van der Waals surface area (Å²) >= 11 is 5.75. The first-order valence-corrected chi connectivity index (χ1v) is 11.0. The first-order chi connectivity index (χ1) is 15.1. The SMILES string of the molecule is O=C(O)c1ccccc1-c1ccc([C@@H]2[C@@H](c3ccccn3)NC(=S)N2C2CCCC2)o1. The number of carboxylic acid groups (broad SMARTS) is 1. The van der Waals surface area contributed by atoms with Gasteiger partial charge >= 0.3 is 5.97 Å². The highest BCUT2D eigenvalue weighted by Crippen LogP contribution is 2.44. The fourth-order valence-electron chi connectivity index (χ4n) is 4.79. The van der Waals surface area contributed by atoms with E-state index in [2.05, 4.69) is 15.2 Å². The molecule has 3 aromatic rings. The standard InChI is InChI=1S/C24H23N3O3S/c28-23(29)17-10-4-3-9-16(17)19-12-13-20(30-19)22-21(18-11-5-6-14-25-18)26-24(31)27(22)15-7-1-2-8-15/h3-6,9-15,21-22H,1-2,7-8H2,(H,26,31)(H,28,29)/t21-,22-/m1/s1. The maximum atomic E-state index is 11.7. The molecule has 2 aromatic heterocycles. The lowest BCUT2D eigenvalue weighted by Gasteiger charge is -2.31. The number of nitrogens with zero attached hydrogens (tertiary/aromatic N) is 2. The van der Waals surface area contributed by atoms with Crippen LogP contribution in [0.15, 0.2) is 65.2 Å². The van der Waals surface area contributed by atoms with Gasteiger partial charge in [0.1, 0.15) is 17.6 Å². The van der Waals surface area contributed by atoms with Crippen molar-refractivity contribution in [3.63, 3.8) is 0 Å². The number of nitrogens with one attached hydrogen (secondary N) is 1. The lowest BCUT2D eigenvalue weighted by Crippen LogP contribution is -2.37. The molecule has 2 aliphatic rings. The first kappa shape index (κ1) is 19.8. The maximum Gasteiger partial charge on any atom is 0.336 e. The zero-order valence-electron chi connectivity index (χ0n) is 16.9. The van der Waals surface area contributed by atoms with Crippen LogP contribution in [0.25, 0.3) is 11.3 Å². The second kappa shape index (κ2) is 8.15. The Bertz CT molecular complexity index is 1110. The second-order valence-electron chi connectivity index (χ2n) is 8.02. The van der Waals surface area contributed by atoms with Crippen molar-refractivity contribution in [2.45, 2.75) is 43.8 Å². The van der Waals surface area contributed by atoms with Crippen LogP contribution in [-0.2, 0) is 0 Å². The van der Waals surface area contributed by atoms with Crippen molar-refractivity contribution in [2.24, 2.45) is 0 Å². The van der Waals surface area contributed by atoms with Crippen molar-refractivity contribution in [3.8, 4) is 11.3 Å². The van der Waals surface area contributed by atoms with Gasteiger partial charge in [0.2, 0.25) is 0 Å². The minimum absolute atomic E-state index is 0.136. The van der Waals surface area contributed by atoms with Crippen molar-refractivity contribution in [3.05, 3.63) is 77.8 Å². The maximum absolute atomic E-state index is 11.7. The normalized spacial score (nSPS) is 21.4. The van der Waals surface area contributed by atoms with Gasteiger partial charge in [-0.15, -0.1) is 0 Å². The van der Waals surface area contributed by atoms with Crippen LogP contribution < -0.4 is 5.32 Å². The van der Waals surface area contributed by atoms with Crippen LogP contribution >= 0.6 is 12.2 Å². The van der Waals surface area contributed by atoms with Gasteiger partial charge in [0.15, 0.2) is 5.11 Å². The third-order valence-electron chi connectivity index (χ3n) is 6.19. The molecule has 5 rings (SSSR count). The Balaban J connectivity index is 1.57. The number of rotatable bonds is 5. The molecular weight excluding hydrogens is 410 g/mol. The van der Waals surface area contributed by atoms with Gasteiger partial charge in [0, 0.05) is 17.8 Å². The Morgan fingerprint density at radius 3 is 2.61 bits per heavy atom. The summed E-state index contributed by atoms with van der Waals surface area (Å²) in [6, 6.07) is 16.6. The van der Waals surface area contributed by atoms with Gasteiger partial charge in [0.05, 0.1) is 17.3 Å². The van der Waals surface area contributed by atoms with Gasteiger partial charge in [-0.2, -0.15) is 0 Å². The second-order valence-corrected chi connectivity index (χ2v) is 8.41. The summed E-state index contributed by atoms with van der Waals surface area (Å²) in [6.07, 6.45) is 6.37. The number of pyridine rings is 1. The smallest absolute Gasteiger partial charge is 0.336 e. The van der Waals surface area contributed by atoms with Gasteiger partial charge in [-0.3, -0.25) is 4.98 Å². The summed E-state index contributed by atoms with van der Waals surface area (Å²) in [5, 5.41) is 13.8. The van der Waals surface area contributed by atoms with E-state index in [9.17, 15) is 9.90 Å². The largest absolute Gasteiger partial charge is 0.478 e. The van der Waals surface area contributed by atoms with E-state index in [4.69, 9.17) is 16.6 Å². The highest BCUT2D eigenvalue weighted by molar-refractivity contribution is 7.80. The molecule has 1 aliphatic heterocycles. The van der Waals surface area contributed by atoms with E-state index in [1.54, 1.807) is 24.4 Å². The van der Waals surface area contributed by atoms with Crippen LogP contribution in [0.3, 0.4) is 0 Å². The van der Waals surface area contributed by atoms with Crippen LogP contribution in [0.5, 0.6) is 0 Å². The Kier molecular flexibility index (Phi) is 5.19. The Labute approximate surface area is 185 Å². The summed E-state index contributed by atoms with van der Waals surface area (Å²) in [5.74, 6) is 0.318. The Morgan fingerprint density at radius 1 is 1.10 bits per heavy atom. The highest BCUT2D eigenvalue weighted by atomic mass is 32.1. The third-order valence-corrected chi connectivity index (χ3v) is 6.52. The van der Waals surface area contributed by atoms with Gasteiger partial charge in [-0.05, 0) is 55.4 Å². The molecule has 2 fully saturated rings. The minimum atomic E-state index is -0.976. The molecule has 7 heteroatoms. The predicted octanol–water partition coefficient (Wildman–Crippen LogP) is 4.95. The number of aromatic nitrogens is 1. The molecule has 2 N–H and O–H groups in total. The summed E-state index contributed by atoms with van der Waals surface area (Å²) in [4.78, 5) is 18.5. The number of aromatic carboxylic acids is 1. The molecule has 0 amide bonds. The van der Waals surface area contributed by atoms with Gasteiger partial charge < -0.3 is 19.7 Å². The molecule has 31 heavy (non-hydrogen) atoms. The number of carboxylic acids is 1. The minimum Gasteiger partial charge on any atom is -0.478 e. The molecular formula is C24H23N3O3S. The average molecular weight is 434 g/mol. The molecule has 1 saturated carbocycles. The zero-order chi connectivity index (χ0) is 21.4. The molecule has 3 heterocycles. The Morgan fingerprint density at radius 2 is 1.87 bits per heavy atom. The lowest BCUT2D eigenvalue weighted by molar-refractivity contribution is 0.0697. The van der Waals surface area contributed by atoms with E-state index < -0.39 is 5.97 Å². The van der Waals surface area contributed by atoms with E-state index >= 15 is 0 Å². The third kappa shape index (κ3) is 3.59. The molecule has 0 unspecified atom stereocenters. The monoisotopic (exact) mass is 433 g/mol. The van der Waals surface area contributed by atoms with Gasteiger partial charge in [0.25, 0.3) is 0 Å². The van der Waals surface area contributed by atoms with Crippen LogP contribution in [0.2, 0.25) is 0 Å². The molecule has 0 bridgehead atoms. The number of carbonyl (C=O) groups is 1. The molecule has 1 aliphatic carbocycles. The average Bonchev–Trinajstić information content (AvgIpc) is 3.54. The number of furan rings is 1. The first-order valence-electron chi connectivity index (χ1n) is 10.6. The van der Waals surface area contributed by atoms with E-state index in [0.717, 1.165) is 29.4 Å². The quantitative estimate of drug-likeness (QED) is 0.551. The molecule has 158 valence electrons. The number of benzene rings is 1. The van der Waals surface area contributed by atoms with Gasteiger partial charge in [-0.25, -0.2) is 4.79 Å². The number of hydrogen-bond donors (Lipinski definition) is 2. The predicted molar refractivity (Wildman–Crippen MR) is 121 cm³/mol. The molecule has 6 nitrogen and oxygen atoms in total. The summed E-state index contributed by atoms with van der Waals surface area (Å²) in [5.41, 5.74) is 1.69. The molecule has 2 atom stereocenters. The van der Waals surface area contributed by atoms with E-state index in [-0.39, 0.29) is 17.6 Å². The van der Waals surface area contributed by atoms with E-state index in [1.165, 1.54) is 12.8 Å². The van der Waals surface area contributed by atoms with Crippen molar-refractivity contribution in [1.29, 1.82) is 0 Å². The topological polar surface area (TPSA) is 78.6 Å². The van der Waals surface area contributed by atoms with Crippen LogP contribution in [0.4, 0.5) is 0 Å². The van der Waals surface area contributed by atoms with Crippen molar-refractivity contribution < 1.29 is 14.3 Å². The molecule has 1 aromatic carbocycles. The zero-order valence-corrected chi connectivity index (χ0v) is 17.7. The Hall–Kier alpha value is -3.19. The summed E-state index contributed by atoms with van der Waals surface area (Å²) < 4.78 is 6.30. The van der Waals surface area contributed by atoms with Crippen LogP contribution in [0, 0.1) is 0 Å². The fraction of sp³-hybridized carbons (Fsp3) is 0.292. The van der Waals surface area contributed by atoms with E-state index in [1.807, 2.05) is 36.4 Å². The summed E-state index contributed by atoms with van der Waals surface area (Å²) in [7, 11) is 0. The molecule has 0 radical (unpaired) electrons. The van der Waals surface area contributed by atoms with Crippen molar-refractivity contribution in [2.75, 3.05) is 0 Å². The van der Waals surface area contributed by atoms with Gasteiger partial charge in [-0.1, -0.05) is 37.1 Å². The molecule has 1 saturated heterocycles. The van der Waals surface area contributed by atoms with E-state index in [0.29, 0.717) is 17.4 Å². The van der Waals surface area contributed by atoms with Crippen LogP contribution in [-0.4, -0.2) is 32.1 Å². The summed E-state index contributed by atoms with van der Waals surface area (Å²) in [6.45, 7) is 0. The van der Waals surface area contributed by atoms with Crippen molar-refractivity contribution >= 4 is 23.3 Å². The van der Waals surface area contributed by atoms with Crippen LogP contribution in [0.1, 0.15) is 59.6 Å². The lowest BCUT2D eigenvalue weighted by atomic mass is 10.0.